The Morgan fingerprint density at radius 3 is 2.63 bits per heavy atom. The van der Waals surface area contributed by atoms with Crippen molar-refractivity contribution in [1.82, 2.24) is 14.8 Å². The highest BCUT2D eigenvalue weighted by Crippen LogP contribution is 2.50. The van der Waals surface area contributed by atoms with Crippen LogP contribution in [0, 0.1) is 0 Å². The van der Waals surface area contributed by atoms with Gasteiger partial charge in [0.1, 0.15) is 0 Å². The highest BCUT2D eigenvalue weighted by atomic mass is 16.2. The van der Waals surface area contributed by atoms with Crippen molar-refractivity contribution in [2.75, 3.05) is 33.7 Å². The molecule has 2 heterocycles. The first-order valence-corrected chi connectivity index (χ1v) is 10.0. The van der Waals surface area contributed by atoms with Crippen LogP contribution in [0.2, 0.25) is 0 Å². The van der Waals surface area contributed by atoms with E-state index in [4.69, 9.17) is 0 Å². The number of piperidine rings is 1. The number of nitrogens with zero attached hydrogens (tertiary/aromatic N) is 3. The van der Waals surface area contributed by atoms with Gasteiger partial charge in [-0.05, 0) is 66.9 Å². The predicted octanol–water partition coefficient (Wildman–Crippen LogP) is 3.43. The van der Waals surface area contributed by atoms with Crippen LogP contribution in [0.3, 0.4) is 0 Å². The Hall–Kier alpha value is -2.20. The Kier molecular flexibility index (Phi) is 5.00. The predicted molar refractivity (Wildman–Crippen MR) is 108 cm³/mol. The van der Waals surface area contributed by atoms with Gasteiger partial charge < -0.3 is 4.90 Å². The number of pyridine rings is 1. The summed E-state index contributed by atoms with van der Waals surface area (Å²) in [5.41, 5.74) is 4.61. The van der Waals surface area contributed by atoms with Gasteiger partial charge in [-0.2, -0.15) is 0 Å². The molecular weight excluding hydrogens is 334 g/mol. The summed E-state index contributed by atoms with van der Waals surface area (Å²) < 4.78 is 0. The van der Waals surface area contributed by atoms with Crippen LogP contribution in [0.1, 0.15) is 48.3 Å². The molecule has 0 bridgehead atoms. The number of benzene rings is 1. The first-order valence-electron chi connectivity index (χ1n) is 10.0. The Labute approximate surface area is 162 Å². The Bertz CT molecular complexity index is 794. The highest BCUT2D eigenvalue weighted by molar-refractivity contribution is 5.77. The maximum atomic E-state index is 12.1. The second kappa shape index (κ2) is 7.43. The van der Waals surface area contributed by atoms with Crippen molar-refractivity contribution in [2.45, 2.75) is 37.0 Å². The van der Waals surface area contributed by atoms with Crippen LogP contribution >= 0.6 is 0 Å². The number of rotatable bonds is 3. The summed E-state index contributed by atoms with van der Waals surface area (Å²) >= 11 is 0. The molecule has 27 heavy (non-hydrogen) atoms. The summed E-state index contributed by atoms with van der Waals surface area (Å²) in [5.74, 6) is 0.653. The first-order chi connectivity index (χ1) is 13.1. The number of fused-ring (bicyclic) bond motifs is 2. The maximum absolute atomic E-state index is 12.1. The molecule has 1 atom stereocenters. The molecular formula is C23H29N3O. The maximum Gasteiger partial charge on any atom is 0.236 e. The molecule has 1 aromatic carbocycles. The van der Waals surface area contributed by atoms with Gasteiger partial charge in [0.05, 0.1) is 6.54 Å². The molecule has 1 unspecified atom stereocenters. The molecule has 142 valence electrons. The lowest BCUT2D eigenvalue weighted by atomic mass is 9.61. The minimum Gasteiger partial charge on any atom is -0.348 e. The second-order valence-corrected chi connectivity index (χ2v) is 8.31. The smallest absolute Gasteiger partial charge is 0.236 e. The summed E-state index contributed by atoms with van der Waals surface area (Å²) in [7, 11) is 3.67. The fourth-order valence-corrected chi connectivity index (χ4v) is 4.91. The minimum atomic E-state index is 0.201. The molecule has 1 spiro atoms. The van der Waals surface area contributed by atoms with Crippen LogP contribution < -0.4 is 0 Å². The number of carbonyl (C=O) groups is 1. The van der Waals surface area contributed by atoms with Crippen LogP contribution in [-0.4, -0.2) is 54.4 Å². The molecule has 2 aliphatic rings. The molecule has 1 aromatic heterocycles. The molecule has 1 aliphatic heterocycles. The molecule has 1 saturated heterocycles. The van der Waals surface area contributed by atoms with Crippen molar-refractivity contribution in [3.8, 4) is 0 Å². The van der Waals surface area contributed by atoms with Gasteiger partial charge in [0.25, 0.3) is 0 Å². The van der Waals surface area contributed by atoms with Crippen molar-refractivity contribution in [2.24, 2.45) is 0 Å². The summed E-state index contributed by atoms with van der Waals surface area (Å²) in [6.07, 6.45) is 8.56. The molecule has 1 aliphatic carbocycles. The van der Waals surface area contributed by atoms with E-state index in [-0.39, 0.29) is 11.3 Å². The summed E-state index contributed by atoms with van der Waals surface area (Å²) in [6, 6.07) is 13.3. The molecule has 0 saturated carbocycles. The van der Waals surface area contributed by atoms with E-state index in [0.717, 1.165) is 25.9 Å². The monoisotopic (exact) mass is 363 g/mol. The molecule has 4 heteroatoms. The Morgan fingerprint density at radius 2 is 1.93 bits per heavy atom. The molecule has 1 fully saturated rings. The second-order valence-electron chi connectivity index (χ2n) is 8.31. The summed E-state index contributed by atoms with van der Waals surface area (Å²) in [6.45, 7) is 2.56. The van der Waals surface area contributed by atoms with Crippen molar-refractivity contribution in [1.29, 1.82) is 0 Å². The molecule has 4 nitrogen and oxygen atoms in total. The van der Waals surface area contributed by atoms with E-state index in [1.165, 1.54) is 29.5 Å². The van der Waals surface area contributed by atoms with Crippen LogP contribution in [0.5, 0.6) is 0 Å². The lowest BCUT2D eigenvalue weighted by molar-refractivity contribution is -0.130. The first kappa shape index (κ1) is 18.2. The quantitative estimate of drug-likeness (QED) is 0.838. The van der Waals surface area contributed by atoms with Gasteiger partial charge in [-0.3, -0.25) is 14.7 Å². The Morgan fingerprint density at radius 1 is 1.15 bits per heavy atom. The number of hydrogen-bond acceptors (Lipinski definition) is 3. The van der Waals surface area contributed by atoms with Gasteiger partial charge in [0.2, 0.25) is 5.91 Å². The van der Waals surface area contributed by atoms with E-state index in [1.807, 2.05) is 32.6 Å². The molecule has 0 N–H and O–H groups in total. The van der Waals surface area contributed by atoms with Crippen LogP contribution in [-0.2, 0) is 10.2 Å². The van der Waals surface area contributed by atoms with E-state index in [1.54, 1.807) is 4.90 Å². The van der Waals surface area contributed by atoms with E-state index < -0.39 is 0 Å². The lowest BCUT2D eigenvalue weighted by Crippen LogP contribution is -2.47. The molecule has 4 rings (SSSR count). The molecule has 1 amide bonds. The lowest BCUT2D eigenvalue weighted by Gasteiger charge is -2.47. The SMILES string of the molecule is CN(C)C(=O)CN1CCC2(CCC(c3cccnc3)c3ccccc32)CC1. The minimum absolute atomic E-state index is 0.201. The van der Waals surface area contributed by atoms with Gasteiger partial charge in [-0.15, -0.1) is 0 Å². The van der Waals surface area contributed by atoms with Crippen LogP contribution in [0.4, 0.5) is 0 Å². The summed E-state index contributed by atoms with van der Waals surface area (Å²) in [4.78, 5) is 20.4. The van der Waals surface area contributed by atoms with Gasteiger partial charge in [-0.25, -0.2) is 0 Å². The van der Waals surface area contributed by atoms with Gasteiger partial charge in [0.15, 0.2) is 0 Å². The fraction of sp³-hybridized carbons (Fsp3) is 0.478. The number of amides is 1. The van der Waals surface area contributed by atoms with Crippen LogP contribution in [0.15, 0.2) is 48.8 Å². The standard InChI is InChI=1S/C23H29N3O/c1-25(2)22(27)17-26-14-11-23(12-15-26)10-9-19(18-6-5-13-24-16-18)20-7-3-4-8-21(20)23/h3-8,13,16,19H,9-12,14-15,17H2,1-2H3. The average Bonchev–Trinajstić information content (AvgIpc) is 2.71. The fourth-order valence-electron chi connectivity index (χ4n) is 4.91. The third kappa shape index (κ3) is 3.51. The zero-order valence-corrected chi connectivity index (χ0v) is 16.4. The summed E-state index contributed by atoms with van der Waals surface area (Å²) in [5, 5.41) is 0. The number of hydrogen-bond donors (Lipinski definition) is 0. The zero-order chi connectivity index (χ0) is 18.9. The van der Waals surface area contributed by atoms with Gasteiger partial charge >= 0.3 is 0 Å². The van der Waals surface area contributed by atoms with Crippen molar-refractivity contribution in [3.05, 3.63) is 65.5 Å². The van der Waals surface area contributed by atoms with Crippen molar-refractivity contribution in [3.63, 3.8) is 0 Å². The van der Waals surface area contributed by atoms with Gasteiger partial charge in [0, 0.05) is 32.4 Å². The van der Waals surface area contributed by atoms with E-state index in [9.17, 15) is 4.79 Å². The van der Waals surface area contributed by atoms with E-state index in [0.29, 0.717) is 12.5 Å². The normalized spacial score (nSPS) is 21.6. The van der Waals surface area contributed by atoms with E-state index >= 15 is 0 Å². The van der Waals surface area contributed by atoms with Crippen molar-refractivity contribution >= 4 is 5.91 Å². The van der Waals surface area contributed by atoms with E-state index in [2.05, 4.69) is 40.2 Å². The number of carbonyl (C=O) groups excluding carboxylic acids is 1. The van der Waals surface area contributed by atoms with Crippen molar-refractivity contribution < 1.29 is 4.79 Å². The third-order valence-corrected chi connectivity index (χ3v) is 6.58. The zero-order valence-electron chi connectivity index (χ0n) is 16.4. The number of likely N-dealkylation sites (N-methyl/N-ethyl adjacent to an activating group) is 1. The number of aromatic nitrogens is 1. The third-order valence-electron chi connectivity index (χ3n) is 6.58. The Balaban J connectivity index is 1.56. The topological polar surface area (TPSA) is 36.4 Å². The largest absolute Gasteiger partial charge is 0.348 e. The number of likely N-dealkylation sites (tertiary alicyclic amines) is 1. The van der Waals surface area contributed by atoms with Gasteiger partial charge in [-0.1, -0.05) is 30.3 Å². The average molecular weight is 364 g/mol. The highest BCUT2D eigenvalue weighted by Gasteiger charge is 2.42. The van der Waals surface area contributed by atoms with Crippen LogP contribution in [0.25, 0.3) is 0 Å². The molecule has 0 radical (unpaired) electrons. The molecule has 2 aromatic rings.